The number of nitrogens with one attached hydrogen (secondary N) is 1. The van der Waals surface area contributed by atoms with Crippen molar-refractivity contribution in [3.63, 3.8) is 0 Å². The van der Waals surface area contributed by atoms with Crippen LogP contribution in [-0.4, -0.2) is 5.91 Å². The van der Waals surface area contributed by atoms with E-state index in [0.29, 0.717) is 12.1 Å². The lowest BCUT2D eigenvalue weighted by Gasteiger charge is -2.11. The molecule has 2 rings (SSSR count). The van der Waals surface area contributed by atoms with Crippen molar-refractivity contribution in [2.24, 2.45) is 5.73 Å². The van der Waals surface area contributed by atoms with E-state index < -0.39 is 17.5 Å². The summed E-state index contributed by atoms with van der Waals surface area (Å²) in [5.74, 6) is -1.45. The molecule has 3 N–H and O–H groups in total. The molecule has 5 heteroatoms. The van der Waals surface area contributed by atoms with E-state index >= 15 is 0 Å². The third-order valence-corrected chi connectivity index (χ3v) is 3.34. The van der Waals surface area contributed by atoms with Crippen LogP contribution in [0.2, 0.25) is 0 Å². The second kappa shape index (κ2) is 5.91. The third kappa shape index (κ3) is 3.37. The summed E-state index contributed by atoms with van der Waals surface area (Å²) in [5.41, 5.74) is 7.72. The molecule has 0 bridgehead atoms. The number of nitrogens with two attached hydrogens (primary N) is 1. The SMILES string of the molecule is Cc1cc(F)c(NCc2ccc(C(N)=O)cc2C)cc1F. The second-order valence-electron chi connectivity index (χ2n) is 4.94. The largest absolute Gasteiger partial charge is 0.379 e. The number of aryl methyl sites for hydroxylation is 2. The van der Waals surface area contributed by atoms with Crippen LogP contribution in [0.5, 0.6) is 0 Å². The maximum atomic E-state index is 13.7. The van der Waals surface area contributed by atoms with Gasteiger partial charge >= 0.3 is 0 Å². The Labute approximate surface area is 121 Å². The summed E-state index contributed by atoms with van der Waals surface area (Å²) in [6.07, 6.45) is 0. The molecule has 0 radical (unpaired) electrons. The fourth-order valence-corrected chi connectivity index (χ4v) is 2.02. The van der Waals surface area contributed by atoms with Gasteiger partial charge in [0.2, 0.25) is 5.91 Å². The molecule has 3 nitrogen and oxygen atoms in total. The van der Waals surface area contributed by atoms with Gasteiger partial charge in [-0.15, -0.1) is 0 Å². The molecule has 2 aromatic rings. The highest BCUT2D eigenvalue weighted by atomic mass is 19.1. The van der Waals surface area contributed by atoms with E-state index in [1.165, 1.54) is 6.92 Å². The van der Waals surface area contributed by atoms with Gasteiger partial charge < -0.3 is 11.1 Å². The molecule has 1 amide bonds. The molecule has 21 heavy (non-hydrogen) atoms. The molecular weight excluding hydrogens is 274 g/mol. The minimum atomic E-state index is -0.500. The minimum Gasteiger partial charge on any atom is -0.379 e. The Morgan fingerprint density at radius 3 is 2.43 bits per heavy atom. The maximum absolute atomic E-state index is 13.7. The van der Waals surface area contributed by atoms with Gasteiger partial charge in [0.25, 0.3) is 0 Å². The van der Waals surface area contributed by atoms with E-state index in [0.717, 1.165) is 23.3 Å². The number of rotatable bonds is 4. The molecule has 2 aromatic carbocycles. The van der Waals surface area contributed by atoms with Gasteiger partial charge in [0.15, 0.2) is 0 Å². The molecule has 0 saturated heterocycles. The van der Waals surface area contributed by atoms with Crippen LogP contribution in [0, 0.1) is 25.5 Å². The number of amides is 1. The average Bonchev–Trinajstić information content (AvgIpc) is 2.42. The van der Waals surface area contributed by atoms with Crippen molar-refractivity contribution in [1.82, 2.24) is 0 Å². The number of carbonyl (C=O) groups is 1. The van der Waals surface area contributed by atoms with Gasteiger partial charge in [0, 0.05) is 18.2 Å². The Kier molecular flexibility index (Phi) is 4.21. The Hall–Kier alpha value is -2.43. The summed E-state index contributed by atoms with van der Waals surface area (Å²) >= 11 is 0. The van der Waals surface area contributed by atoms with Gasteiger partial charge in [-0.05, 0) is 48.7 Å². The van der Waals surface area contributed by atoms with Crippen LogP contribution in [0.25, 0.3) is 0 Å². The lowest BCUT2D eigenvalue weighted by molar-refractivity contribution is 0.1000. The van der Waals surface area contributed by atoms with Gasteiger partial charge in [-0.1, -0.05) is 6.07 Å². The van der Waals surface area contributed by atoms with E-state index in [4.69, 9.17) is 5.73 Å². The Morgan fingerprint density at radius 2 is 1.81 bits per heavy atom. The number of primary amides is 1. The van der Waals surface area contributed by atoms with Crippen LogP contribution < -0.4 is 11.1 Å². The highest BCUT2D eigenvalue weighted by molar-refractivity contribution is 5.93. The van der Waals surface area contributed by atoms with Crippen molar-refractivity contribution >= 4 is 11.6 Å². The molecule has 0 heterocycles. The van der Waals surface area contributed by atoms with Crippen molar-refractivity contribution in [2.75, 3.05) is 5.32 Å². The number of benzene rings is 2. The average molecular weight is 290 g/mol. The van der Waals surface area contributed by atoms with Gasteiger partial charge in [0.1, 0.15) is 11.6 Å². The summed E-state index contributed by atoms with van der Waals surface area (Å²) in [7, 11) is 0. The van der Waals surface area contributed by atoms with Crippen molar-refractivity contribution in [1.29, 1.82) is 0 Å². The van der Waals surface area contributed by atoms with Crippen molar-refractivity contribution < 1.29 is 13.6 Å². The first-order valence-corrected chi connectivity index (χ1v) is 6.47. The van der Waals surface area contributed by atoms with E-state index in [1.54, 1.807) is 18.2 Å². The molecule has 0 atom stereocenters. The summed E-state index contributed by atoms with van der Waals surface area (Å²) in [6.45, 7) is 3.66. The zero-order chi connectivity index (χ0) is 15.6. The highest BCUT2D eigenvalue weighted by Gasteiger charge is 2.08. The van der Waals surface area contributed by atoms with Crippen LogP contribution in [0.4, 0.5) is 14.5 Å². The normalized spacial score (nSPS) is 10.5. The zero-order valence-corrected chi connectivity index (χ0v) is 11.8. The summed E-state index contributed by atoms with van der Waals surface area (Å²) in [5, 5.41) is 2.86. The zero-order valence-electron chi connectivity index (χ0n) is 11.8. The molecule has 0 fully saturated rings. The van der Waals surface area contributed by atoms with E-state index in [-0.39, 0.29) is 11.3 Å². The lowest BCUT2D eigenvalue weighted by Crippen LogP contribution is -2.12. The monoisotopic (exact) mass is 290 g/mol. The molecule has 0 aliphatic rings. The van der Waals surface area contributed by atoms with Gasteiger partial charge in [-0.2, -0.15) is 0 Å². The summed E-state index contributed by atoms with van der Waals surface area (Å²) < 4.78 is 27.2. The molecule has 110 valence electrons. The molecule has 0 aliphatic heterocycles. The predicted octanol–water partition coefficient (Wildman–Crippen LogP) is 3.29. The van der Waals surface area contributed by atoms with Crippen LogP contribution in [0.1, 0.15) is 27.0 Å². The fraction of sp³-hybridized carbons (Fsp3) is 0.188. The number of halogens is 2. The molecule has 0 saturated carbocycles. The summed E-state index contributed by atoms with van der Waals surface area (Å²) in [4.78, 5) is 11.1. The molecule has 0 aromatic heterocycles. The Bertz CT molecular complexity index is 699. The first-order valence-electron chi connectivity index (χ1n) is 6.47. The Balaban J connectivity index is 2.17. The van der Waals surface area contributed by atoms with E-state index in [2.05, 4.69) is 5.32 Å². The van der Waals surface area contributed by atoms with Crippen molar-refractivity contribution in [2.45, 2.75) is 20.4 Å². The summed E-state index contributed by atoms with van der Waals surface area (Å²) in [6, 6.07) is 7.31. The second-order valence-corrected chi connectivity index (χ2v) is 4.94. The minimum absolute atomic E-state index is 0.108. The molecular formula is C16H16F2N2O. The van der Waals surface area contributed by atoms with Crippen LogP contribution in [-0.2, 0) is 6.54 Å². The van der Waals surface area contributed by atoms with E-state index in [1.807, 2.05) is 6.92 Å². The smallest absolute Gasteiger partial charge is 0.248 e. The number of carbonyl (C=O) groups excluding carboxylic acids is 1. The lowest BCUT2D eigenvalue weighted by atomic mass is 10.0. The van der Waals surface area contributed by atoms with Crippen LogP contribution >= 0.6 is 0 Å². The topological polar surface area (TPSA) is 55.1 Å². The molecule has 0 aliphatic carbocycles. The number of hydrogen-bond acceptors (Lipinski definition) is 2. The van der Waals surface area contributed by atoms with Crippen molar-refractivity contribution in [3.05, 3.63) is 64.2 Å². The van der Waals surface area contributed by atoms with E-state index in [9.17, 15) is 13.6 Å². The first kappa shape index (κ1) is 15.0. The van der Waals surface area contributed by atoms with Crippen molar-refractivity contribution in [3.8, 4) is 0 Å². The third-order valence-electron chi connectivity index (χ3n) is 3.34. The quantitative estimate of drug-likeness (QED) is 0.907. The fourth-order valence-electron chi connectivity index (χ4n) is 2.02. The van der Waals surface area contributed by atoms with Gasteiger partial charge in [0.05, 0.1) is 5.69 Å². The highest BCUT2D eigenvalue weighted by Crippen LogP contribution is 2.20. The standard InChI is InChI=1S/C16H16F2N2O/c1-9-5-11(16(19)21)3-4-12(9)8-20-15-7-13(17)10(2)6-14(15)18/h3-7,20H,8H2,1-2H3,(H2,19,21). The Morgan fingerprint density at radius 1 is 1.10 bits per heavy atom. The predicted molar refractivity (Wildman–Crippen MR) is 78.1 cm³/mol. The van der Waals surface area contributed by atoms with Crippen LogP contribution in [0.3, 0.4) is 0 Å². The number of anilines is 1. The van der Waals surface area contributed by atoms with Crippen LogP contribution in [0.15, 0.2) is 30.3 Å². The molecule has 0 spiro atoms. The first-order chi connectivity index (χ1) is 9.88. The van der Waals surface area contributed by atoms with Gasteiger partial charge in [-0.3, -0.25) is 4.79 Å². The molecule has 0 unspecified atom stereocenters. The van der Waals surface area contributed by atoms with Gasteiger partial charge in [-0.25, -0.2) is 8.78 Å². The number of hydrogen-bond donors (Lipinski definition) is 2. The maximum Gasteiger partial charge on any atom is 0.248 e.